The summed E-state index contributed by atoms with van der Waals surface area (Å²) in [6.45, 7) is 8.84. The van der Waals surface area contributed by atoms with Gasteiger partial charge in [0, 0.05) is 17.1 Å². The maximum Gasteiger partial charge on any atom is 0.271 e. The molecular weight excluding hydrogens is 346 g/mol. The second-order valence-electron chi connectivity index (χ2n) is 8.73. The number of hydrogen-bond donors (Lipinski definition) is 2. The van der Waals surface area contributed by atoms with Crippen molar-refractivity contribution in [2.24, 2.45) is 0 Å². The number of benzene rings is 1. The van der Waals surface area contributed by atoms with Crippen LogP contribution in [0, 0.1) is 0 Å². The highest BCUT2D eigenvalue weighted by Gasteiger charge is 2.42. The summed E-state index contributed by atoms with van der Waals surface area (Å²) < 4.78 is 5.82. The van der Waals surface area contributed by atoms with Crippen molar-refractivity contribution in [1.29, 1.82) is 0 Å². The van der Waals surface area contributed by atoms with E-state index in [1.807, 2.05) is 20.8 Å². The third-order valence-corrected chi connectivity index (χ3v) is 4.37. The number of fused-ring (bicyclic) bond motifs is 1. The molecule has 0 atom stereocenters. The number of amides is 3. The van der Waals surface area contributed by atoms with Crippen LogP contribution in [0.15, 0.2) is 18.2 Å². The van der Waals surface area contributed by atoms with Crippen LogP contribution in [0.5, 0.6) is 5.75 Å². The van der Waals surface area contributed by atoms with Gasteiger partial charge in [-0.15, -0.1) is 0 Å². The van der Waals surface area contributed by atoms with Crippen LogP contribution in [0.25, 0.3) is 0 Å². The standard InChI is InChI=1S/C20H27N3O4/c1-19(2,3)22-16(24)11-23-14-10-12(17(25)21-13-7-8-13)6-9-15(14)27-20(4,5)18(23)26/h6,9-10,13H,7-8,11H2,1-5H3,(H,21,25)(H,22,24). The van der Waals surface area contributed by atoms with Crippen molar-refractivity contribution in [3.8, 4) is 5.75 Å². The molecule has 2 aliphatic rings. The summed E-state index contributed by atoms with van der Waals surface area (Å²) >= 11 is 0. The second-order valence-corrected chi connectivity index (χ2v) is 8.73. The molecule has 1 aromatic carbocycles. The van der Waals surface area contributed by atoms with Crippen LogP contribution in [0.4, 0.5) is 5.69 Å². The van der Waals surface area contributed by atoms with Gasteiger partial charge in [0.05, 0.1) is 5.69 Å². The van der Waals surface area contributed by atoms with Crippen LogP contribution in [0.1, 0.15) is 57.8 Å². The largest absolute Gasteiger partial charge is 0.476 e. The lowest BCUT2D eigenvalue weighted by molar-refractivity contribution is -0.134. The molecule has 1 aliphatic carbocycles. The van der Waals surface area contributed by atoms with Crippen molar-refractivity contribution in [3.05, 3.63) is 23.8 Å². The molecule has 7 heteroatoms. The fourth-order valence-corrected chi connectivity index (χ4v) is 2.96. The molecule has 0 saturated heterocycles. The highest BCUT2D eigenvalue weighted by Crippen LogP contribution is 2.38. The van der Waals surface area contributed by atoms with Crippen molar-refractivity contribution >= 4 is 23.4 Å². The van der Waals surface area contributed by atoms with Crippen molar-refractivity contribution in [3.63, 3.8) is 0 Å². The number of rotatable bonds is 4. The molecule has 2 N–H and O–H groups in total. The highest BCUT2D eigenvalue weighted by molar-refractivity contribution is 6.07. The lowest BCUT2D eigenvalue weighted by Crippen LogP contribution is -2.56. The van der Waals surface area contributed by atoms with E-state index in [-0.39, 0.29) is 30.3 Å². The van der Waals surface area contributed by atoms with Crippen molar-refractivity contribution in [2.45, 2.75) is 64.6 Å². The molecule has 0 radical (unpaired) electrons. The average molecular weight is 373 g/mol. The number of hydrogen-bond acceptors (Lipinski definition) is 4. The fourth-order valence-electron chi connectivity index (χ4n) is 2.96. The number of carbonyl (C=O) groups excluding carboxylic acids is 3. The van der Waals surface area contributed by atoms with Gasteiger partial charge >= 0.3 is 0 Å². The SMILES string of the molecule is CC(C)(C)NC(=O)CN1C(=O)C(C)(C)Oc2ccc(C(=O)NC3CC3)cc21. The summed E-state index contributed by atoms with van der Waals surface area (Å²) in [5.74, 6) is -0.297. The molecule has 0 bridgehead atoms. The first-order chi connectivity index (χ1) is 12.5. The molecule has 1 fully saturated rings. The van der Waals surface area contributed by atoms with E-state index in [0.717, 1.165) is 12.8 Å². The summed E-state index contributed by atoms with van der Waals surface area (Å²) in [6.07, 6.45) is 1.98. The van der Waals surface area contributed by atoms with Gasteiger partial charge in [-0.25, -0.2) is 0 Å². The van der Waals surface area contributed by atoms with Gasteiger partial charge < -0.3 is 15.4 Å². The molecule has 0 unspecified atom stereocenters. The van der Waals surface area contributed by atoms with Gasteiger partial charge in [0.15, 0.2) is 5.60 Å². The van der Waals surface area contributed by atoms with Gasteiger partial charge in [-0.05, 0) is 65.7 Å². The van der Waals surface area contributed by atoms with Gasteiger partial charge in [-0.3, -0.25) is 19.3 Å². The van der Waals surface area contributed by atoms with Crippen LogP contribution in [0.3, 0.4) is 0 Å². The summed E-state index contributed by atoms with van der Waals surface area (Å²) in [5, 5.41) is 5.79. The first kappa shape index (κ1) is 19.2. The minimum Gasteiger partial charge on any atom is -0.476 e. The maximum absolute atomic E-state index is 12.9. The highest BCUT2D eigenvalue weighted by atomic mass is 16.5. The molecule has 1 saturated carbocycles. The fraction of sp³-hybridized carbons (Fsp3) is 0.550. The number of ether oxygens (including phenoxy) is 1. The van der Waals surface area contributed by atoms with Gasteiger partial charge in [0.25, 0.3) is 11.8 Å². The third-order valence-electron chi connectivity index (χ3n) is 4.37. The first-order valence-corrected chi connectivity index (χ1v) is 9.23. The van der Waals surface area contributed by atoms with E-state index < -0.39 is 11.1 Å². The Morgan fingerprint density at radius 2 is 1.93 bits per heavy atom. The van der Waals surface area contributed by atoms with E-state index in [2.05, 4.69) is 10.6 Å². The lowest BCUT2D eigenvalue weighted by atomic mass is 10.0. The molecule has 146 valence electrons. The third kappa shape index (κ3) is 4.40. The van der Waals surface area contributed by atoms with Crippen LogP contribution in [-0.2, 0) is 9.59 Å². The summed E-state index contributed by atoms with van der Waals surface area (Å²) in [6, 6.07) is 5.21. The number of anilines is 1. The van der Waals surface area contributed by atoms with Crippen molar-refractivity contribution in [2.75, 3.05) is 11.4 Å². The zero-order valence-corrected chi connectivity index (χ0v) is 16.5. The number of carbonyl (C=O) groups is 3. The molecule has 3 rings (SSSR count). The quantitative estimate of drug-likeness (QED) is 0.845. The molecule has 0 spiro atoms. The average Bonchev–Trinajstić information content (AvgIpc) is 3.33. The monoisotopic (exact) mass is 373 g/mol. The normalized spacial score (nSPS) is 18.4. The predicted octanol–water partition coefficient (Wildman–Crippen LogP) is 2.00. The van der Waals surface area contributed by atoms with Crippen molar-refractivity contribution in [1.82, 2.24) is 10.6 Å². The van der Waals surface area contributed by atoms with Crippen LogP contribution in [-0.4, -0.2) is 41.4 Å². The van der Waals surface area contributed by atoms with Gasteiger partial charge in [0.2, 0.25) is 5.91 Å². The Hall–Kier alpha value is -2.57. The first-order valence-electron chi connectivity index (χ1n) is 9.23. The van der Waals surface area contributed by atoms with E-state index in [0.29, 0.717) is 17.0 Å². The molecular formula is C20H27N3O4. The van der Waals surface area contributed by atoms with E-state index in [9.17, 15) is 14.4 Å². The van der Waals surface area contributed by atoms with E-state index in [4.69, 9.17) is 4.74 Å². The van der Waals surface area contributed by atoms with Gasteiger partial charge in [0.1, 0.15) is 12.3 Å². The molecule has 1 aromatic rings. The molecule has 7 nitrogen and oxygen atoms in total. The predicted molar refractivity (Wildman–Crippen MR) is 102 cm³/mol. The van der Waals surface area contributed by atoms with E-state index >= 15 is 0 Å². The summed E-state index contributed by atoms with van der Waals surface area (Å²) in [5.41, 5.74) is -0.617. The molecule has 0 aromatic heterocycles. The van der Waals surface area contributed by atoms with Crippen LogP contribution >= 0.6 is 0 Å². The number of nitrogens with one attached hydrogen (secondary N) is 2. The molecule has 3 amide bonds. The molecule has 27 heavy (non-hydrogen) atoms. The number of nitrogens with zero attached hydrogens (tertiary/aromatic N) is 1. The van der Waals surface area contributed by atoms with Crippen LogP contribution < -0.4 is 20.3 Å². The Morgan fingerprint density at radius 1 is 1.26 bits per heavy atom. The van der Waals surface area contributed by atoms with Gasteiger partial charge in [-0.1, -0.05) is 0 Å². The van der Waals surface area contributed by atoms with E-state index in [1.165, 1.54) is 4.90 Å². The Balaban J connectivity index is 1.90. The van der Waals surface area contributed by atoms with Crippen molar-refractivity contribution < 1.29 is 19.1 Å². The second kappa shape index (κ2) is 6.55. The minimum absolute atomic E-state index is 0.135. The maximum atomic E-state index is 12.9. The zero-order valence-electron chi connectivity index (χ0n) is 16.5. The zero-order chi connectivity index (χ0) is 20.0. The van der Waals surface area contributed by atoms with Gasteiger partial charge in [-0.2, -0.15) is 0 Å². The Bertz CT molecular complexity index is 791. The summed E-state index contributed by atoms with van der Waals surface area (Å²) in [4.78, 5) is 39.1. The molecule has 1 heterocycles. The smallest absolute Gasteiger partial charge is 0.271 e. The minimum atomic E-state index is -1.09. The topological polar surface area (TPSA) is 87.7 Å². The molecule has 1 aliphatic heterocycles. The van der Waals surface area contributed by atoms with E-state index in [1.54, 1.807) is 32.0 Å². The lowest BCUT2D eigenvalue weighted by Gasteiger charge is -2.39. The van der Waals surface area contributed by atoms with Crippen LogP contribution in [0.2, 0.25) is 0 Å². The Labute approximate surface area is 159 Å². The Morgan fingerprint density at radius 3 is 2.52 bits per heavy atom. The summed E-state index contributed by atoms with van der Waals surface area (Å²) in [7, 11) is 0. The Kier molecular flexibility index (Phi) is 4.66.